The minimum atomic E-state index is -1.47. The number of aliphatic hydroxyl groups is 1. The number of phenolic OH excluding ortho intramolecular Hbond substituents is 1. The van der Waals surface area contributed by atoms with Crippen molar-refractivity contribution in [2.45, 2.75) is 12.0 Å². The van der Waals surface area contributed by atoms with E-state index >= 15 is 0 Å². The summed E-state index contributed by atoms with van der Waals surface area (Å²) in [4.78, 5) is 10.6. The fourth-order valence-electron chi connectivity index (χ4n) is 1.17. The Morgan fingerprint density at radius 3 is 2.67 bits per heavy atom. The van der Waals surface area contributed by atoms with E-state index in [9.17, 15) is 9.18 Å². The van der Waals surface area contributed by atoms with Crippen LogP contribution in [0, 0.1) is 5.82 Å². The van der Waals surface area contributed by atoms with Crippen LogP contribution in [0.25, 0.3) is 0 Å². The highest BCUT2D eigenvalue weighted by atomic mass is 19.1. The predicted octanol–water partition coefficient (Wildman–Crippen LogP) is -0.0375. The second kappa shape index (κ2) is 4.37. The van der Waals surface area contributed by atoms with Gasteiger partial charge in [0, 0.05) is 12.5 Å². The van der Waals surface area contributed by atoms with Crippen LogP contribution in [0.3, 0.4) is 0 Å². The van der Waals surface area contributed by atoms with Crippen LogP contribution < -0.4 is 5.73 Å². The van der Waals surface area contributed by atoms with Crippen molar-refractivity contribution in [2.75, 3.05) is 6.61 Å². The van der Waals surface area contributed by atoms with Crippen molar-refractivity contribution < 1.29 is 19.4 Å². The summed E-state index contributed by atoms with van der Waals surface area (Å²) < 4.78 is 13.2. The molecule has 1 rings (SSSR count). The third kappa shape index (κ3) is 2.74. The average molecular weight is 213 g/mol. The van der Waals surface area contributed by atoms with Gasteiger partial charge in [0.25, 0.3) is 0 Å². The van der Waals surface area contributed by atoms with Crippen molar-refractivity contribution in [3.05, 3.63) is 29.6 Å². The number of carbonyl (C=O) groups is 1. The molecule has 0 aromatic heterocycles. The van der Waals surface area contributed by atoms with E-state index in [1.165, 1.54) is 12.1 Å². The normalized spacial score (nSPS) is 14.6. The number of aliphatic hydroxyl groups excluding tert-OH is 1. The Kier molecular flexibility index (Phi) is 3.39. The maximum atomic E-state index is 13.2. The van der Waals surface area contributed by atoms with Gasteiger partial charge < -0.3 is 20.7 Å². The first kappa shape index (κ1) is 11.6. The SMILES string of the molecule is N[C@@](C=O)(CO)Cc1ccc(O)cc1F. The van der Waals surface area contributed by atoms with E-state index < -0.39 is 18.0 Å². The van der Waals surface area contributed by atoms with Gasteiger partial charge >= 0.3 is 0 Å². The minimum Gasteiger partial charge on any atom is -0.508 e. The molecular formula is C10H12FNO3. The van der Waals surface area contributed by atoms with E-state index in [4.69, 9.17) is 15.9 Å². The molecule has 0 saturated heterocycles. The largest absolute Gasteiger partial charge is 0.508 e. The first-order valence-electron chi connectivity index (χ1n) is 4.34. The van der Waals surface area contributed by atoms with Crippen molar-refractivity contribution >= 4 is 6.29 Å². The molecule has 0 fully saturated rings. The van der Waals surface area contributed by atoms with Crippen LogP contribution in [0.2, 0.25) is 0 Å². The molecule has 5 heteroatoms. The van der Waals surface area contributed by atoms with Crippen LogP contribution in [0.15, 0.2) is 18.2 Å². The monoisotopic (exact) mass is 213 g/mol. The minimum absolute atomic E-state index is 0.112. The summed E-state index contributed by atoms with van der Waals surface area (Å²) in [6.07, 6.45) is 0.276. The molecule has 4 nitrogen and oxygen atoms in total. The lowest BCUT2D eigenvalue weighted by Gasteiger charge is -2.20. The maximum Gasteiger partial charge on any atom is 0.142 e. The number of phenols is 1. The smallest absolute Gasteiger partial charge is 0.142 e. The van der Waals surface area contributed by atoms with Gasteiger partial charge in [-0.3, -0.25) is 0 Å². The number of nitrogens with two attached hydrogens (primary N) is 1. The summed E-state index contributed by atoms with van der Waals surface area (Å²) in [5.41, 5.74) is 4.19. The van der Waals surface area contributed by atoms with E-state index in [1.54, 1.807) is 0 Å². The predicted molar refractivity (Wildman–Crippen MR) is 51.8 cm³/mol. The molecule has 1 aromatic carbocycles. The van der Waals surface area contributed by atoms with Crippen LogP contribution in [-0.2, 0) is 11.2 Å². The Bertz CT molecular complexity index is 370. The number of rotatable bonds is 4. The van der Waals surface area contributed by atoms with E-state index in [-0.39, 0.29) is 17.7 Å². The number of aldehydes is 1. The van der Waals surface area contributed by atoms with Crippen molar-refractivity contribution in [2.24, 2.45) is 5.73 Å². The van der Waals surface area contributed by atoms with Crippen molar-refractivity contribution in [3.8, 4) is 5.75 Å². The Labute approximate surface area is 86.1 Å². The zero-order valence-electron chi connectivity index (χ0n) is 7.98. The van der Waals surface area contributed by atoms with Crippen molar-refractivity contribution in [1.82, 2.24) is 0 Å². The molecule has 0 aliphatic heterocycles. The molecule has 0 aliphatic carbocycles. The molecule has 0 saturated carbocycles. The quantitative estimate of drug-likeness (QED) is 0.613. The molecule has 0 heterocycles. The first-order valence-corrected chi connectivity index (χ1v) is 4.34. The van der Waals surface area contributed by atoms with E-state index in [0.29, 0.717) is 6.29 Å². The Balaban J connectivity index is 2.94. The van der Waals surface area contributed by atoms with E-state index in [2.05, 4.69) is 0 Å². The summed E-state index contributed by atoms with van der Waals surface area (Å²) in [5, 5.41) is 17.8. The highest BCUT2D eigenvalue weighted by molar-refractivity contribution is 5.64. The third-order valence-electron chi connectivity index (χ3n) is 2.09. The standard InChI is InChI=1S/C10H12FNO3/c11-9-3-8(15)2-1-7(9)4-10(12,5-13)6-14/h1-3,5,14-15H,4,6,12H2/t10-/m0/s1. The lowest BCUT2D eigenvalue weighted by molar-refractivity contribution is -0.113. The molecule has 0 aliphatic rings. The van der Waals surface area contributed by atoms with Gasteiger partial charge in [-0.15, -0.1) is 0 Å². The molecule has 0 spiro atoms. The fourth-order valence-corrected chi connectivity index (χ4v) is 1.17. The van der Waals surface area contributed by atoms with Gasteiger partial charge in [0.1, 0.15) is 17.9 Å². The summed E-state index contributed by atoms with van der Waals surface area (Å²) in [5.74, 6) is -0.853. The van der Waals surface area contributed by atoms with E-state index in [1.807, 2.05) is 0 Å². The third-order valence-corrected chi connectivity index (χ3v) is 2.09. The lowest BCUT2D eigenvalue weighted by Crippen LogP contribution is -2.47. The molecule has 82 valence electrons. The number of carbonyl (C=O) groups excluding carboxylic acids is 1. The van der Waals surface area contributed by atoms with Crippen molar-refractivity contribution in [3.63, 3.8) is 0 Å². The Hall–Kier alpha value is -1.46. The summed E-state index contributed by atoms with van der Waals surface area (Å²) in [6.45, 7) is -0.559. The molecule has 4 N–H and O–H groups in total. The zero-order valence-corrected chi connectivity index (χ0v) is 7.98. The van der Waals surface area contributed by atoms with Gasteiger partial charge in [-0.05, 0) is 11.6 Å². The van der Waals surface area contributed by atoms with Gasteiger partial charge in [0.05, 0.1) is 12.1 Å². The van der Waals surface area contributed by atoms with Crippen molar-refractivity contribution in [1.29, 1.82) is 0 Å². The van der Waals surface area contributed by atoms with Gasteiger partial charge in [-0.25, -0.2) is 4.39 Å². The van der Waals surface area contributed by atoms with Gasteiger partial charge in [0.15, 0.2) is 0 Å². The van der Waals surface area contributed by atoms with Crippen LogP contribution in [-0.4, -0.2) is 28.6 Å². The molecular weight excluding hydrogens is 201 g/mol. The molecule has 0 amide bonds. The number of halogens is 1. The fraction of sp³-hybridized carbons (Fsp3) is 0.300. The van der Waals surface area contributed by atoms with Crippen LogP contribution >= 0.6 is 0 Å². The van der Waals surface area contributed by atoms with E-state index in [0.717, 1.165) is 6.07 Å². The first-order chi connectivity index (χ1) is 7.00. The van der Waals surface area contributed by atoms with Crippen LogP contribution in [0.5, 0.6) is 5.75 Å². The Morgan fingerprint density at radius 2 is 2.20 bits per heavy atom. The highest BCUT2D eigenvalue weighted by Crippen LogP contribution is 2.18. The number of hydrogen-bond acceptors (Lipinski definition) is 4. The summed E-state index contributed by atoms with van der Waals surface area (Å²) >= 11 is 0. The number of benzene rings is 1. The molecule has 1 atom stereocenters. The van der Waals surface area contributed by atoms with Gasteiger partial charge in [0.2, 0.25) is 0 Å². The van der Waals surface area contributed by atoms with Crippen LogP contribution in [0.4, 0.5) is 4.39 Å². The average Bonchev–Trinajstić information content (AvgIpc) is 2.22. The summed E-state index contributed by atoms with van der Waals surface area (Å²) in [7, 11) is 0. The summed E-state index contributed by atoms with van der Waals surface area (Å²) in [6, 6.07) is 3.55. The second-order valence-corrected chi connectivity index (χ2v) is 3.46. The molecule has 0 unspecified atom stereocenters. The topological polar surface area (TPSA) is 83.6 Å². The molecule has 0 bridgehead atoms. The zero-order chi connectivity index (χ0) is 11.5. The van der Waals surface area contributed by atoms with Gasteiger partial charge in [-0.2, -0.15) is 0 Å². The Morgan fingerprint density at radius 1 is 1.53 bits per heavy atom. The molecule has 0 radical (unpaired) electrons. The lowest BCUT2D eigenvalue weighted by atomic mass is 9.94. The van der Waals surface area contributed by atoms with Gasteiger partial charge in [-0.1, -0.05) is 6.07 Å². The number of aromatic hydroxyl groups is 1. The number of hydrogen-bond donors (Lipinski definition) is 3. The molecule has 1 aromatic rings. The van der Waals surface area contributed by atoms with Crippen LogP contribution in [0.1, 0.15) is 5.56 Å². The second-order valence-electron chi connectivity index (χ2n) is 3.46. The maximum absolute atomic E-state index is 13.2. The molecule has 15 heavy (non-hydrogen) atoms. The highest BCUT2D eigenvalue weighted by Gasteiger charge is 2.25.